The van der Waals surface area contributed by atoms with Crippen molar-refractivity contribution >= 4 is 0 Å². The smallest absolute Gasteiger partial charge is 0.155 e. The summed E-state index contributed by atoms with van der Waals surface area (Å²) in [5, 5.41) is 29.5. The fourth-order valence-corrected chi connectivity index (χ4v) is 3.23. The number of rotatable bonds is 5. The fourth-order valence-electron chi connectivity index (χ4n) is 3.23. The zero-order valence-corrected chi connectivity index (χ0v) is 12.3. The summed E-state index contributed by atoms with van der Waals surface area (Å²) in [4.78, 5) is 0. The molecule has 0 amide bonds. The minimum atomic E-state index is -0.698. The van der Waals surface area contributed by atoms with Crippen molar-refractivity contribution in [3.05, 3.63) is 23.8 Å². The molecule has 1 aliphatic carbocycles. The van der Waals surface area contributed by atoms with Crippen LogP contribution in [0.5, 0.6) is 0 Å². The molecular weight excluding hydrogens is 256 g/mol. The highest BCUT2D eigenvalue weighted by molar-refractivity contribution is 5.06. The molecule has 0 aromatic rings. The van der Waals surface area contributed by atoms with Crippen LogP contribution in [0.4, 0.5) is 0 Å². The van der Waals surface area contributed by atoms with Crippen molar-refractivity contribution < 1.29 is 20.1 Å². The number of hydrogen-bond donors (Lipinski definition) is 3. The largest absolute Gasteiger partial charge is 0.392 e. The number of allylic oxidation sites excluding steroid dienone is 2. The molecule has 20 heavy (non-hydrogen) atoms. The molecule has 2 fully saturated rings. The lowest BCUT2D eigenvalue weighted by Gasteiger charge is -2.16. The van der Waals surface area contributed by atoms with Crippen LogP contribution < -0.4 is 0 Å². The Hall–Kier alpha value is -0.680. The Balaban J connectivity index is 1.85. The molecule has 114 valence electrons. The topological polar surface area (TPSA) is 69.9 Å². The molecular formula is C16H26O4. The monoisotopic (exact) mass is 282 g/mol. The van der Waals surface area contributed by atoms with Crippen LogP contribution in [-0.2, 0) is 4.74 Å². The third kappa shape index (κ3) is 3.92. The molecule has 0 radical (unpaired) electrons. The van der Waals surface area contributed by atoms with E-state index in [1.807, 2.05) is 19.9 Å². The summed E-state index contributed by atoms with van der Waals surface area (Å²) in [6.45, 7) is 4.09. The molecule has 2 rings (SSSR count). The second kappa shape index (κ2) is 6.85. The molecule has 0 spiro atoms. The van der Waals surface area contributed by atoms with Crippen LogP contribution in [0.25, 0.3) is 0 Å². The zero-order valence-electron chi connectivity index (χ0n) is 12.3. The van der Waals surface area contributed by atoms with Crippen molar-refractivity contribution in [1.82, 2.24) is 0 Å². The number of aliphatic hydroxyl groups is 3. The summed E-state index contributed by atoms with van der Waals surface area (Å²) >= 11 is 0. The zero-order chi connectivity index (χ0) is 14.7. The van der Waals surface area contributed by atoms with Gasteiger partial charge in [0.05, 0.1) is 18.3 Å². The molecule has 3 N–H and O–H groups in total. The van der Waals surface area contributed by atoms with E-state index in [-0.39, 0.29) is 17.9 Å². The van der Waals surface area contributed by atoms with E-state index in [1.54, 1.807) is 6.08 Å². The molecule has 1 saturated carbocycles. The van der Waals surface area contributed by atoms with Crippen LogP contribution in [0.2, 0.25) is 0 Å². The Bertz CT molecular complexity index is 373. The molecule has 1 aliphatic heterocycles. The summed E-state index contributed by atoms with van der Waals surface area (Å²) in [7, 11) is 0. The average Bonchev–Trinajstić information content (AvgIpc) is 2.81. The molecule has 1 saturated heterocycles. The van der Waals surface area contributed by atoms with Crippen molar-refractivity contribution in [2.75, 3.05) is 0 Å². The summed E-state index contributed by atoms with van der Waals surface area (Å²) in [6, 6.07) is 0. The maximum absolute atomic E-state index is 10.0. The van der Waals surface area contributed by atoms with E-state index in [0.717, 1.165) is 6.42 Å². The van der Waals surface area contributed by atoms with E-state index >= 15 is 0 Å². The van der Waals surface area contributed by atoms with Gasteiger partial charge in [-0.3, -0.25) is 0 Å². The maximum Gasteiger partial charge on any atom is 0.155 e. The van der Waals surface area contributed by atoms with Crippen molar-refractivity contribution in [1.29, 1.82) is 0 Å². The lowest BCUT2D eigenvalue weighted by atomic mass is 9.91. The summed E-state index contributed by atoms with van der Waals surface area (Å²) in [5.74, 6) is 0.150. The van der Waals surface area contributed by atoms with Gasteiger partial charge in [-0.15, -0.1) is 0 Å². The summed E-state index contributed by atoms with van der Waals surface area (Å²) < 4.78 is 5.38. The minimum Gasteiger partial charge on any atom is -0.392 e. The van der Waals surface area contributed by atoms with Gasteiger partial charge in [0.2, 0.25) is 0 Å². The molecule has 1 heterocycles. The van der Waals surface area contributed by atoms with Gasteiger partial charge >= 0.3 is 0 Å². The highest BCUT2D eigenvalue weighted by atomic mass is 16.6. The third-order valence-corrected chi connectivity index (χ3v) is 4.27. The Morgan fingerprint density at radius 1 is 1.30 bits per heavy atom. The average molecular weight is 282 g/mol. The minimum absolute atomic E-state index is 0.0183. The molecule has 0 bridgehead atoms. The van der Waals surface area contributed by atoms with Crippen LogP contribution in [0.15, 0.2) is 23.8 Å². The van der Waals surface area contributed by atoms with Gasteiger partial charge in [-0.1, -0.05) is 23.8 Å². The third-order valence-electron chi connectivity index (χ3n) is 4.27. The van der Waals surface area contributed by atoms with Gasteiger partial charge in [0.15, 0.2) is 6.29 Å². The van der Waals surface area contributed by atoms with E-state index in [1.165, 1.54) is 5.57 Å². The first-order valence-corrected chi connectivity index (χ1v) is 7.48. The number of hydrogen-bond acceptors (Lipinski definition) is 4. The lowest BCUT2D eigenvalue weighted by molar-refractivity contribution is -0.0949. The van der Waals surface area contributed by atoms with E-state index in [2.05, 4.69) is 6.08 Å². The van der Waals surface area contributed by atoms with Gasteiger partial charge in [0.25, 0.3) is 0 Å². The molecule has 4 nitrogen and oxygen atoms in total. The van der Waals surface area contributed by atoms with Gasteiger partial charge in [0.1, 0.15) is 0 Å². The van der Waals surface area contributed by atoms with E-state index < -0.39 is 18.5 Å². The Labute approximate surface area is 120 Å². The first kappa shape index (κ1) is 15.7. The molecule has 0 aromatic carbocycles. The quantitative estimate of drug-likeness (QED) is 0.672. The fraction of sp³-hybridized carbons (Fsp3) is 0.750. The van der Waals surface area contributed by atoms with Gasteiger partial charge < -0.3 is 20.1 Å². The molecule has 1 unspecified atom stereocenters. The molecule has 6 atom stereocenters. The second-order valence-electron chi connectivity index (χ2n) is 6.22. The van der Waals surface area contributed by atoms with Crippen molar-refractivity contribution in [3.63, 3.8) is 0 Å². The van der Waals surface area contributed by atoms with Gasteiger partial charge in [-0.2, -0.15) is 0 Å². The Morgan fingerprint density at radius 3 is 2.75 bits per heavy atom. The number of ether oxygens (including phenoxy) is 1. The van der Waals surface area contributed by atoms with Crippen LogP contribution >= 0.6 is 0 Å². The molecule has 0 aromatic heterocycles. The van der Waals surface area contributed by atoms with Crippen LogP contribution in [0.3, 0.4) is 0 Å². The SMILES string of the molecule is CC(C)=CCC[C@@H](O)/C=C/[C@@H]1[C@H]2CC(O)O[C@H]2C[C@H]1O. The van der Waals surface area contributed by atoms with E-state index in [0.29, 0.717) is 19.3 Å². The van der Waals surface area contributed by atoms with Crippen molar-refractivity contribution in [3.8, 4) is 0 Å². The van der Waals surface area contributed by atoms with Gasteiger partial charge in [-0.05, 0) is 32.6 Å². The van der Waals surface area contributed by atoms with Crippen LogP contribution in [0, 0.1) is 11.8 Å². The number of fused-ring (bicyclic) bond motifs is 1. The van der Waals surface area contributed by atoms with Gasteiger partial charge in [0, 0.05) is 18.8 Å². The van der Waals surface area contributed by atoms with Crippen molar-refractivity contribution in [2.45, 2.75) is 64.1 Å². The van der Waals surface area contributed by atoms with Crippen molar-refractivity contribution in [2.24, 2.45) is 11.8 Å². The Kier molecular flexibility index (Phi) is 5.38. The molecule has 2 aliphatic rings. The first-order chi connectivity index (χ1) is 9.47. The summed E-state index contributed by atoms with van der Waals surface area (Å²) in [5.41, 5.74) is 1.26. The first-order valence-electron chi connectivity index (χ1n) is 7.48. The highest BCUT2D eigenvalue weighted by Gasteiger charge is 2.47. The lowest BCUT2D eigenvalue weighted by Crippen LogP contribution is -2.19. The highest BCUT2D eigenvalue weighted by Crippen LogP contribution is 2.43. The predicted octanol–water partition coefficient (Wildman–Crippen LogP) is 1.75. The molecule has 4 heteroatoms. The second-order valence-corrected chi connectivity index (χ2v) is 6.22. The van der Waals surface area contributed by atoms with Crippen LogP contribution in [-0.4, -0.2) is 39.9 Å². The van der Waals surface area contributed by atoms with Gasteiger partial charge in [-0.25, -0.2) is 0 Å². The normalized spacial score (nSPS) is 38.1. The van der Waals surface area contributed by atoms with Crippen LogP contribution in [0.1, 0.15) is 39.5 Å². The standard InChI is InChI=1S/C16H26O4/c1-10(2)4-3-5-11(17)6-7-12-13-8-16(19)20-15(13)9-14(12)18/h4,6-7,11-19H,3,5,8-9H2,1-2H3/b7-6+/t11-,12-,13-,14-,15+,16?/m1/s1. The maximum atomic E-state index is 10.0. The van der Waals surface area contributed by atoms with E-state index in [4.69, 9.17) is 4.74 Å². The van der Waals surface area contributed by atoms with E-state index in [9.17, 15) is 15.3 Å². The predicted molar refractivity (Wildman–Crippen MR) is 76.9 cm³/mol. The summed E-state index contributed by atoms with van der Waals surface area (Å²) in [6.07, 6.45) is 6.83. The Morgan fingerprint density at radius 2 is 2.05 bits per heavy atom. The number of aliphatic hydroxyl groups excluding tert-OH is 3.